The molecule has 0 bridgehead atoms. The van der Waals surface area contributed by atoms with Gasteiger partial charge >= 0.3 is 0 Å². The molecule has 1 fully saturated rings. The molecule has 2 heterocycles. The number of nitrogens with two attached hydrogens (primary N) is 1. The predicted octanol–water partition coefficient (Wildman–Crippen LogP) is 3.22. The number of fused-ring (bicyclic) bond motifs is 1. The van der Waals surface area contributed by atoms with Crippen LogP contribution in [-0.4, -0.2) is 27.5 Å². The van der Waals surface area contributed by atoms with Crippen molar-refractivity contribution in [3.63, 3.8) is 0 Å². The molecule has 1 aromatic carbocycles. The number of pyridine rings is 1. The van der Waals surface area contributed by atoms with Gasteiger partial charge in [0.15, 0.2) is 0 Å². The third-order valence-electron chi connectivity index (χ3n) is 5.47. The van der Waals surface area contributed by atoms with Gasteiger partial charge in [-0.15, -0.1) is 0 Å². The second kappa shape index (κ2) is 7.48. The van der Waals surface area contributed by atoms with Gasteiger partial charge in [0.1, 0.15) is 5.65 Å². The number of H-pyrrole nitrogens is 1. The zero-order valence-corrected chi connectivity index (χ0v) is 15.5. The van der Waals surface area contributed by atoms with Crippen LogP contribution in [0.3, 0.4) is 0 Å². The maximum absolute atomic E-state index is 12.6. The molecule has 27 heavy (non-hydrogen) atoms. The molecular weight excluding hydrogens is 338 g/mol. The molecule has 4 rings (SSSR count). The van der Waals surface area contributed by atoms with E-state index in [1.54, 1.807) is 6.20 Å². The van der Waals surface area contributed by atoms with Crippen LogP contribution in [-0.2, 0) is 0 Å². The summed E-state index contributed by atoms with van der Waals surface area (Å²) in [7, 11) is 0. The predicted molar refractivity (Wildman–Crippen MR) is 109 cm³/mol. The van der Waals surface area contributed by atoms with Crippen LogP contribution in [0.2, 0.25) is 0 Å². The van der Waals surface area contributed by atoms with Crippen LogP contribution in [0.4, 0.5) is 5.95 Å². The van der Waals surface area contributed by atoms with E-state index in [0.29, 0.717) is 29.1 Å². The van der Waals surface area contributed by atoms with Crippen molar-refractivity contribution < 1.29 is 0 Å². The first-order valence-electron chi connectivity index (χ1n) is 9.55. The molecule has 140 valence electrons. The number of nitrogens with zero attached hydrogens (tertiary/aromatic N) is 2. The lowest BCUT2D eigenvalue weighted by Crippen LogP contribution is -2.29. The highest BCUT2D eigenvalue weighted by Gasteiger charge is 2.18. The van der Waals surface area contributed by atoms with Crippen LogP contribution in [0.5, 0.6) is 0 Å². The summed E-state index contributed by atoms with van der Waals surface area (Å²) in [5.74, 6) is 1.16. The fourth-order valence-electron chi connectivity index (χ4n) is 3.78. The van der Waals surface area contributed by atoms with E-state index >= 15 is 0 Å². The normalized spacial score (nSPS) is 19.9. The first-order valence-corrected chi connectivity index (χ1v) is 9.55. The number of nitrogens with one attached hydrogen (secondary N) is 2. The molecule has 1 aliphatic carbocycles. The third-order valence-corrected chi connectivity index (χ3v) is 5.47. The molecule has 2 aromatic heterocycles. The number of aromatic nitrogens is 3. The summed E-state index contributed by atoms with van der Waals surface area (Å²) in [5, 5.41) is 4.13. The molecule has 0 atom stereocenters. The van der Waals surface area contributed by atoms with E-state index in [1.807, 2.05) is 37.3 Å². The van der Waals surface area contributed by atoms with Gasteiger partial charge in [-0.25, -0.2) is 4.98 Å². The standard InChI is InChI=1S/C21H25N5O/c1-13-4-2-3-5-17(13)18-10-15-12-24-21(26-19(15)25-20(18)27)23-11-14-6-8-16(22)9-7-14/h2-5,10,12,14,16H,6-9,11,22H2,1H3,(H2,23,24,25,26,27). The average Bonchev–Trinajstić information content (AvgIpc) is 2.67. The van der Waals surface area contributed by atoms with E-state index in [9.17, 15) is 4.79 Å². The lowest BCUT2D eigenvalue weighted by molar-refractivity contribution is 0.338. The number of rotatable bonds is 4. The fraction of sp³-hybridized carbons (Fsp3) is 0.381. The van der Waals surface area contributed by atoms with Crippen LogP contribution in [0, 0.1) is 12.8 Å². The molecule has 0 amide bonds. The summed E-state index contributed by atoms with van der Waals surface area (Å²) in [6.45, 7) is 2.84. The molecule has 0 saturated heterocycles. The number of hydrogen-bond acceptors (Lipinski definition) is 5. The lowest BCUT2D eigenvalue weighted by atomic mass is 9.86. The average molecular weight is 363 g/mol. The van der Waals surface area contributed by atoms with E-state index < -0.39 is 0 Å². The molecule has 0 aliphatic heterocycles. The van der Waals surface area contributed by atoms with Gasteiger partial charge in [0.05, 0.1) is 0 Å². The molecule has 6 heteroatoms. The van der Waals surface area contributed by atoms with Crippen molar-refractivity contribution in [1.82, 2.24) is 15.0 Å². The van der Waals surface area contributed by atoms with Gasteiger partial charge in [-0.3, -0.25) is 4.79 Å². The molecule has 1 saturated carbocycles. The topological polar surface area (TPSA) is 96.7 Å². The van der Waals surface area contributed by atoms with E-state index in [2.05, 4.69) is 20.3 Å². The smallest absolute Gasteiger partial charge is 0.257 e. The summed E-state index contributed by atoms with van der Waals surface area (Å²) in [5.41, 5.74) is 9.02. The summed E-state index contributed by atoms with van der Waals surface area (Å²) in [6.07, 6.45) is 6.20. The number of aromatic amines is 1. The minimum atomic E-state index is -0.136. The third kappa shape index (κ3) is 3.85. The van der Waals surface area contributed by atoms with Gasteiger partial charge < -0.3 is 16.0 Å². The first kappa shape index (κ1) is 17.7. The molecule has 0 radical (unpaired) electrons. The number of aryl methyl sites for hydroxylation is 1. The highest BCUT2D eigenvalue weighted by atomic mass is 16.1. The highest BCUT2D eigenvalue weighted by Crippen LogP contribution is 2.24. The number of anilines is 1. The van der Waals surface area contributed by atoms with Crippen molar-refractivity contribution in [1.29, 1.82) is 0 Å². The van der Waals surface area contributed by atoms with Gasteiger partial charge in [-0.2, -0.15) is 4.98 Å². The van der Waals surface area contributed by atoms with Crippen molar-refractivity contribution in [2.45, 2.75) is 38.6 Å². The van der Waals surface area contributed by atoms with Crippen molar-refractivity contribution in [3.05, 3.63) is 52.4 Å². The van der Waals surface area contributed by atoms with Crippen LogP contribution < -0.4 is 16.6 Å². The van der Waals surface area contributed by atoms with Crippen LogP contribution >= 0.6 is 0 Å². The number of hydrogen-bond donors (Lipinski definition) is 3. The monoisotopic (exact) mass is 363 g/mol. The van der Waals surface area contributed by atoms with E-state index in [1.165, 1.54) is 0 Å². The minimum absolute atomic E-state index is 0.136. The molecule has 3 aromatic rings. The Bertz CT molecular complexity index is 1000. The van der Waals surface area contributed by atoms with Crippen molar-refractivity contribution in [2.75, 3.05) is 11.9 Å². The Morgan fingerprint density at radius 2 is 1.96 bits per heavy atom. The summed E-state index contributed by atoms with van der Waals surface area (Å²) in [6, 6.07) is 10.1. The van der Waals surface area contributed by atoms with Crippen molar-refractivity contribution >= 4 is 17.0 Å². The maximum Gasteiger partial charge on any atom is 0.257 e. The first-order chi connectivity index (χ1) is 13.1. The van der Waals surface area contributed by atoms with E-state index in [0.717, 1.165) is 48.7 Å². The quantitative estimate of drug-likeness (QED) is 0.661. The van der Waals surface area contributed by atoms with Crippen molar-refractivity contribution in [2.24, 2.45) is 11.7 Å². The van der Waals surface area contributed by atoms with E-state index in [-0.39, 0.29) is 5.56 Å². The highest BCUT2D eigenvalue weighted by molar-refractivity contribution is 5.81. The van der Waals surface area contributed by atoms with Crippen molar-refractivity contribution in [3.8, 4) is 11.1 Å². The van der Waals surface area contributed by atoms with Crippen LogP contribution in [0.1, 0.15) is 31.2 Å². The zero-order valence-electron chi connectivity index (χ0n) is 15.5. The van der Waals surface area contributed by atoms with Crippen LogP contribution in [0.15, 0.2) is 41.3 Å². The fourth-order valence-corrected chi connectivity index (χ4v) is 3.78. The SMILES string of the molecule is Cc1ccccc1-c1cc2cnc(NCC3CCC(N)CC3)nc2[nH]c1=O. The Morgan fingerprint density at radius 3 is 2.74 bits per heavy atom. The van der Waals surface area contributed by atoms with Crippen LogP contribution in [0.25, 0.3) is 22.2 Å². The summed E-state index contributed by atoms with van der Waals surface area (Å²) < 4.78 is 0. The molecule has 0 unspecified atom stereocenters. The maximum atomic E-state index is 12.6. The minimum Gasteiger partial charge on any atom is -0.354 e. The molecule has 4 N–H and O–H groups in total. The molecule has 0 spiro atoms. The van der Waals surface area contributed by atoms with Gasteiger partial charge in [0, 0.05) is 29.7 Å². The zero-order chi connectivity index (χ0) is 18.8. The largest absolute Gasteiger partial charge is 0.354 e. The van der Waals surface area contributed by atoms with E-state index in [4.69, 9.17) is 5.73 Å². The Morgan fingerprint density at radius 1 is 1.19 bits per heavy atom. The summed E-state index contributed by atoms with van der Waals surface area (Å²) in [4.78, 5) is 24.4. The Labute approximate surface area is 158 Å². The van der Waals surface area contributed by atoms with Gasteiger partial charge in [0.2, 0.25) is 5.95 Å². The van der Waals surface area contributed by atoms with Gasteiger partial charge in [-0.05, 0) is 55.7 Å². The lowest BCUT2D eigenvalue weighted by Gasteiger charge is -2.26. The molecule has 6 nitrogen and oxygen atoms in total. The molecular formula is C21H25N5O. The Hall–Kier alpha value is -2.73. The Kier molecular flexibility index (Phi) is 4.90. The Balaban J connectivity index is 1.56. The summed E-state index contributed by atoms with van der Waals surface area (Å²) >= 11 is 0. The van der Waals surface area contributed by atoms with Gasteiger partial charge in [0.25, 0.3) is 5.56 Å². The number of benzene rings is 1. The second-order valence-electron chi connectivity index (χ2n) is 7.49. The van der Waals surface area contributed by atoms with Gasteiger partial charge in [-0.1, -0.05) is 24.3 Å². The second-order valence-corrected chi connectivity index (χ2v) is 7.49. The molecule has 1 aliphatic rings.